The third kappa shape index (κ3) is 4.28. The second-order valence-electron chi connectivity index (χ2n) is 5.86. The van der Waals surface area contributed by atoms with Gasteiger partial charge in [-0.15, -0.1) is 0 Å². The summed E-state index contributed by atoms with van der Waals surface area (Å²) in [6.07, 6.45) is 2.69. The Labute approximate surface area is 170 Å². The number of hydrogen-bond donors (Lipinski definition) is 1. The van der Waals surface area contributed by atoms with E-state index in [4.69, 9.17) is 32.7 Å². The number of nitrogens with one attached hydrogen (secondary N) is 1. The lowest BCUT2D eigenvalue weighted by Gasteiger charge is -2.26. The molecule has 140 valence electrons. The minimum atomic E-state index is -3.73. The van der Waals surface area contributed by atoms with Gasteiger partial charge in [-0.3, -0.25) is 0 Å². The predicted molar refractivity (Wildman–Crippen MR) is 105 cm³/mol. The van der Waals surface area contributed by atoms with Gasteiger partial charge in [0, 0.05) is 16.6 Å². The van der Waals surface area contributed by atoms with Crippen LogP contribution in [0.15, 0.2) is 39.7 Å². The Hall–Kier alpha value is -0.990. The van der Waals surface area contributed by atoms with E-state index in [9.17, 15) is 8.42 Å². The molecular formula is C17H16BrCl2NO4S. The van der Waals surface area contributed by atoms with E-state index in [-0.39, 0.29) is 28.2 Å². The monoisotopic (exact) mass is 479 g/mol. The van der Waals surface area contributed by atoms with Crippen LogP contribution in [0.1, 0.15) is 19.3 Å². The summed E-state index contributed by atoms with van der Waals surface area (Å²) in [7, 11) is -2.32. The lowest BCUT2D eigenvalue weighted by Crippen LogP contribution is -2.39. The molecule has 0 amide bonds. The van der Waals surface area contributed by atoms with Crippen molar-refractivity contribution in [1.82, 2.24) is 4.72 Å². The highest BCUT2D eigenvalue weighted by atomic mass is 79.9. The molecule has 0 saturated heterocycles. The predicted octanol–water partition coefficient (Wildman–Crippen LogP) is 5.39. The topological polar surface area (TPSA) is 64.6 Å². The first-order valence-corrected chi connectivity index (χ1v) is 10.9. The maximum absolute atomic E-state index is 12.7. The molecule has 0 heterocycles. The van der Waals surface area contributed by atoms with E-state index in [1.165, 1.54) is 19.2 Å². The van der Waals surface area contributed by atoms with Crippen LogP contribution in [0, 0.1) is 0 Å². The van der Waals surface area contributed by atoms with Crippen molar-refractivity contribution in [3.63, 3.8) is 0 Å². The average Bonchev–Trinajstić information content (AvgIpc) is 2.54. The minimum absolute atomic E-state index is 0.00811. The molecule has 0 aromatic heterocycles. The number of halogens is 3. The first-order chi connectivity index (χ1) is 12.3. The molecule has 0 radical (unpaired) electrons. The molecule has 26 heavy (non-hydrogen) atoms. The van der Waals surface area contributed by atoms with Crippen molar-refractivity contribution in [2.75, 3.05) is 7.11 Å². The second-order valence-corrected chi connectivity index (χ2v) is 9.27. The lowest BCUT2D eigenvalue weighted by molar-refractivity contribution is 0.378. The molecule has 2 aromatic rings. The Morgan fingerprint density at radius 2 is 1.81 bits per heavy atom. The molecule has 5 nitrogen and oxygen atoms in total. The molecule has 0 aliphatic heterocycles. The minimum Gasteiger partial charge on any atom is -0.495 e. The maximum atomic E-state index is 12.7. The van der Waals surface area contributed by atoms with Gasteiger partial charge in [-0.2, -0.15) is 0 Å². The van der Waals surface area contributed by atoms with Crippen molar-refractivity contribution in [2.24, 2.45) is 0 Å². The molecule has 0 unspecified atom stereocenters. The largest absolute Gasteiger partial charge is 0.495 e. The molecular weight excluding hydrogens is 465 g/mol. The Morgan fingerprint density at radius 1 is 1.15 bits per heavy atom. The molecule has 1 saturated carbocycles. The maximum Gasteiger partial charge on any atom is 0.244 e. The zero-order valence-electron chi connectivity index (χ0n) is 13.8. The molecule has 1 fully saturated rings. The number of sulfonamides is 1. The quantitative estimate of drug-likeness (QED) is 0.602. The van der Waals surface area contributed by atoms with Gasteiger partial charge in [0.05, 0.1) is 17.2 Å². The van der Waals surface area contributed by atoms with E-state index >= 15 is 0 Å². The molecule has 1 aliphatic rings. The standard InChI is InChI=1S/C17H16BrCl2NO4S/c1-24-15-6-5-12(25-17-13(19)7-10(18)8-14(17)20)9-16(15)26(22,23)21-11-3-2-4-11/h5-9,11,21H,2-4H2,1H3. The number of benzene rings is 2. The van der Waals surface area contributed by atoms with E-state index in [1.54, 1.807) is 18.2 Å². The van der Waals surface area contributed by atoms with Crippen LogP contribution in [0.2, 0.25) is 10.0 Å². The van der Waals surface area contributed by atoms with Crippen LogP contribution in [0.4, 0.5) is 0 Å². The van der Waals surface area contributed by atoms with Crippen LogP contribution < -0.4 is 14.2 Å². The fourth-order valence-electron chi connectivity index (χ4n) is 2.48. The summed E-state index contributed by atoms with van der Waals surface area (Å²) in [6, 6.07) is 7.77. The van der Waals surface area contributed by atoms with Gasteiger partial charge in [-0.25, -0.2) is 13.1 Å². The number of methoxy groups -OCH3 is 1. The Balaban J connectivity index is 1.95. The van der Waals surface area contributed by atoms with Gasteiger partial charge < -0.3 is 9.47 Å². The van der Waals surface area contributed by atoms with Crippen molar-refractivity contribution < 1.29 is 17.9 Å². The molecule has 2 aromatic carbocycles. The van der Waals surface area contributed by atoms with E-state index in [0.29, 0.717) is 14.5 Å². The summed E-state index contributed by atoms with van der Waals surface area (Å²) < 4.78 is 39.7. The summed E-state index contributed by atoms with van der Waals surface area (Å²) in [5, 5.41) is 0.606. The van der Waals surface area contributed by atoms with Crippen LogP contribution in [-0.4, -0.2) is 21.6 Å². The summed E-state index contributed by atoms with van der Waals surface area (Å²) in [5.74, 6) is 0.764. The molecule has 0 spiro atoms. The van der Waals surface area contributed by atoms with Crippen LogP contribution in [0.5, 0.6) is 17.2 Å². The number of hydrogen-bond acceptors (Lipinski definition) is 4. The smallest absolute Gasteiger partial charge is 0.244 e. The van der Waals surface area contributed by atoms with Gasteiger partial charge >= 0.3 is 0 Å². The van der Waals surface area contributed by atoms with Crippen LogP contribution in [0.25, 0.3) is 0 Å². The summed E-state index contributed by atoms with van der Waals surface area (Å²) in [6.45, 7) is 0. The van der Waals surface area contributed by atoms with E-state index < -0.39 is 10.0 Å². The lowest BCUT2D eigenvalue weighted by atomic mass is 9.94. The highest BCUT2D eigenvalue weighted by molar-refractivity contribution is 9.10. The molecule has 9 heteroatoms. The van der Waals surface area contributed by atoms with E-state index in [2.05, 4.69) is 20.7 Å². The van der Waals surface area contributed by atoms with Crippen LogP contribution in [-0.2, 0) is 10.0 Å². The SMILES string of the molecule is COc1ccc(Oc2c(Cl)cc(Br)cc2Cl)cc1S(=O)(=O)NC1CCC1. The summed E-state index contributed by atoms with van der Waals surface area (Å²) in [5.41, 5.74) is 0. The summed E-state index contributed by atoms with van der Waals surface area (Å²) in [4.78, 5) is 0.00811. The molecule has 3 rings (SSSR count). The molecule has 0 atom stereocenters. The fourth-order valence-corrected chi connectivity index (χ4v) is 5.26. The molecule has 1 N–H and O–H groups in total. The van der Waals surface area contributed by atoms with Crippen molar-refractivity contribution in [1.29, 1.82) is 0 Å². The van der Waals surface area contributed by atoms with Gasteiger partial charge in [0.1, 0.15) is 16.4 Å². The Morgan fingerprint density at radius 3 is 2.35 bits per heavy atom. The second kappa shape index (κ2) is 7.94. The van der Waals surface area contributed by atoms with Crippen LogP contribution >= 0.6 is 39.1 Å². The molecule has 1 aliphatic carbocycles. The highest BCUT2D eigenvalue weighted by Gasteiger charge is 2.27. The normalized spacial score (nSPS) is 14.8. The third-order valence-electron chi connectivity index (χ3n) is 4.03. The number of rotatable bonds is 6. The Kier molecular flexibility index (Phi) is 6.04. The zero-order chi connectivity index (χ0) is 18.9. The van der Waals surface area contributed by atoms with E-state index in [0.717, 1.165) is 19.3 Å². The molecule has 0 bridgehead atoms. The van der Waals surface area contributed by atoms with Gasteiger partial charge in [0.15, 0.2) is 5.75 Å². The van der Waals surface area contributed by atoms with Crippen molar-refractivity contribution in [2.45, 2.75) is 30.2 Å². The first-order valence-electron chi connectivity index (χ1n) is 7.83. The zero-order valence-corrected chi connectivity index (χ0v) is 17.7. The summed E-state index contributed by atoms with van der Waals surface area (Å²) >= 11 is 15.6. The van der Waals surface area contributed by atoms with Crippen LogP contribution in [0.3, 0.4) is 0 Å². The number of ether oxygens (including phenoxy) is 2. The van der Waals surface area contributed by atoms with Gasteiger partial charge in [0.2, 0.25) is 10.0 Å². The average molecular weight is 481 g/mol. The highest BCUT2D eigenvalue weighted by Crippen LogP contribution is 2.40. The van der Waals surface area contributed by atoms with Crippen molar-refractivity contribution >= 4 is 49.2 Å². The van der Waals surface area contributed by atoms with Gasteiger partial charge in [-0.05, 0) is 37.1 Å². The first kappa shape index (κ1) is 19.8. The van der Waals surface area contributed by atoms with Gasteiger partial charge in [0.25, 0.3) is 0 Å². The van der Waals surface area contributed by atoms with Crippen molar-refractivity contribution in [3.8, 4) is 17.2 Å². The van der Waals surface area contributed by atoms with Crippen molar-refractivity contribution in [3.05, 3.63) is 44.8 Å². The van der Waals surface area contributed by atoms with E-state index in [1.807, 2.05) is 0 Å². The fraction of sp³-hybridized carbons (Fsp3) is 0.294. The van der Waals surface area contributed by atoms with Gasteiger partial charge in [-0.1, -0.05) is 45.6 Å². The Bertz CT molecular complexity index is 909. The third-order valence-corrected chi connectivity index (χ3v) is 6.60.